The Hall–Kier alpha value is -2.53. The highest BCUT2D eigenvalue weighted by Gasteiger charge is 2.44. The minimum Gasteiger partial charge on any atom is -0.324 e. The van der Waals surface area contributed by atoms with Crippen LogP contribution in [0, 0.1) is 0 Å². The van der Waals surface area contributed by atoms with Crippen molar-refractivity contribution in [1.82, 2.24) is 15.2 Å². The van der Waals surface area contributed by atoms with E-state index in [1.165, 1.54) is 12.1 Å². The van der Waals surface area contributed by atoms with Crippen LogP contribution >= 0.6 is 11.3 Å². The van der Waals surface area contributed by atoms with Gasteiger partial charge < -0.3 is 10.6 Å². The Labute approximate surface area is 153 Å². The molecular weight excluding hydrogens is 380 g/mol. The molecule has 0 unspecified atom stereocenters. The normalized spacial score (nSPS) is 16.8. The molecule has 9 nitrogen and oxygen atoms in total. The molecular formula is C15H16N4O5S2. The fraction of sp³-hybridized carbons (Fsp3) is 0.333. The van der Waals surface area contributed by atoms with Gasteiger partial charge in [-0.05, 0) is 32.0 Å². The molecule has 26 heavy (non-hydrogen) atoms. The van der Waals surface area contributed by atoms with E-state index in [-0.39, 0.29) is 10.0 Å². The van der Waals surface area contributed by atoms with Crippen LogP contribution in [-0.2, 0) is 19.4 Å². The molecule has 3 rings (SSSR count). The average molecular weight is 396 g/mol. The molecule has 0 atom stereocenters. The lowest BCUT2D eigenvalue weighted by Gasteiger charge is -2.15. The molecule has 138 valence electrons. The summed E-state index contributed by atoms with van der Waals surface area (Å²) in [5.41, 5.74) is -0.510. The summed E-state index contributed by atoms with van der Waals surface area (Å²) in [5.74, 6) is -1.06. The zero-order chi connectivity index (χ0) is 19.3. The molecule has 1 aliphatic rings. The lowest BCUT2D eigenvalue weighted by Crippen LogP contribution is -2.41. The number of imide groups is 1. The van der Waals surface area contributed by atoms with Crippen LogP contribution in [0.4, 0.5) is 9.93 Å². The van der Waals surface area contributed by atoms with Gasteiger partial charge in [-0.2, -0.15) is 0 Å². The molecule has 4 amide bonds. The maximum Gasteiger partial charge on any atom is 0.325 e. The summed E-state index contributed by atoms with van der Waals surface area (Å²) in [4.78, 5) is 41.3. The number of nitrogens with zero attached hydrogens (tertiary/aromatic N) is 2. The Morgan fingerprint density at radius 3 is 2.62 bits per heavy atom. The Bertz CT molecular complexity index is 1040. The zero-order valence-corrected chi connectivity index (χ0v) is 15.8. The number of amides is 4. The van der Waals surface area contributed by atoms with Crippen LogP contribution in [0.2, 0.25) is 0 Å². The minimum absolute atomic E-state index is 0.160. The number of nitrogens with one attached hydrogen (secondary N) is 2. The molecule has 1 fully saturated rings. The van der Waals surface area contributed by atoms with E-state index in [0.29, 0.717) is 10.2 Å². The standard InChI is InChI=1S/C15H16N4O5S2/c1-15(2)12(21)19(14(22)18-15)7-11(20)17-13-16-9-5-4-8(26(3,23)24)6-10(9)25-13/h4-6H,7H2,1-3H3,(H,18,22)(H,16,17,20). The number of carbonyl (C=O) groups excluding carboxylic acids is 3. The maximum absolute atomic E-state index is 12.2. The molecule has 11 heteroatoms. The van der Waals surface area contributed by atoms with Gasteiger partial charge in [0.1, 0.15) is 12.1 Å². The monoisotopic (exact) mass is 396 g/mol. The van der Waals surface area contributed by atoms with E-state index in [0.717, 1.165) is 22.5 Å². The van der Waals surface area contributed by atoms with Gasteiger partial charge in [-0.15, -0.1) is 0 Å². The van der Waals surface area contributed by atoms with E-state index in [9.17, 15) is 22.8 Å². The number of anilines is 1. The van der Waals surface area contributed by atoms with Gasteiger partial charge in [0, 0.05) is 6.26 Å². The molecule has 2 N–H and O–H groups in total. The van der Waals surface area contributed by atoms with Gasteiger partial charge in [-0.1, -0.05) is 11.3 Å². The molecule has 0 spiro atoms. The summed E-state index contributed by atoms with van der Waals surface area (Å²) in [6.07, 6.45) is 1.11. The second kappa shape index (κ2) is 6.02. The van der Waals surface area contributed by atoms with Crippen molar-refractivity contribution < 1.29 is 22.8 Å². The number of thiazole rings is 1. The first kappa shape index (κ1) is 18.3. The van der Waals surface area contributed by atoms with Gasteiger partial charge in [-0.25, -0.2) is 18.2 Å². The number of carbonyl (C=O) groups is 3. The summed E-state index contributed by atoms with van der Waals surface area (Å²) in [7, 11) is -3.34. The molecule has 0 bridgehead atoms. The predicted molar refractivity (Wildman–Crippen MR) is 95.7 cm³/mol. The average Bonchev–Trinajstić information content (AvgIpc) is 2.98. The Morgan fingerprint density at radius 2 is 2.04 bits per heavy atom. The van der Waals surface area contributed by atoms with Crippen molar-refractivity contribution in [2.75, 3.05) is 18.1 Å². The van der Waals surface area contributed by atoms with Crippen LogP contribution in [0.25, 0.3) is 10.2 Å². The second-order valence-electron chi connectivity index (χ2n) is 6.42. The molecule has 0 aliphatic carbocycles. The molecule has 0 saturated carbocycles. The third-order valence-corrected chi connectivity index (χ3v) is 5.82. The number of fused-ring (bicyclic) bond motifs is 1. The lowest BCUT2D eigenvalue weighted by atomic mass is 10.1. The highest BCUT2D eigenvalue weighted by Crippen LogP contribution is 2.28. The summed E-state index contributed by atoms with van der Waals surface area (Å²) in [5, 5.41) is 5.27. The number of hydrogen-bond donors (Lipinski definition) is 2. The van der Waals surface area contributed by atoms with Crippen LogP contribution in [0.3, 0.4) is 0 Å². The Kier molecular flexibility index (Phi) is 4.23. The smallest absolute Gasteiger partial charge is 0.324 e. The van der Waals surface area contributed by atoms with Crippen LogP contribution in [-0.4, -0.2) is 54.5 Å². The van der Waals surface area contributed by atoms with Crippen molar-refractivity contribution in [3.8, 4) is 0 Å². The first-order valence-electron chi connectivity index (χ1n) is 7.52. The van der Waals surface area contributed by atoms with Crippen LogP contribution in [0.5, 0.6) is 0 Å². The number of rotatable bonds is 4. The van der Waals surface area contributed by atoms with Gasteiger partial charge >= 0.3 is 6.03 Å². The molecule has 1 aromatic carbocycles. The van der Waals surface area contributed by atoms with Gasteiger partial charge in [0.2, 0.25) is 5.91 Å². The number of benzene rings is 1. The van der Waals surface area contributed by atoms with Crippen molar-refractivity contribution >= 4 is 54.4 Å². The summed E-state index contributed by atoms with van der Waals surface area (Å²) >= 11 is 1.10. The van der Waals surface area contributed by atoms with Crippen LogP contribution in [0.1, 0.15) is 13.8 Å². The number of hydrogen-bond acceptors (Lipinski definition) is 7. The predicted octanol–water partition coefficient (Wildman–Crippen LogP) is 0.969. The van der Waals surface area contributed by atoms with E-state index < -0.39 is 39.8 Å². The third kappa shape index (κ3) is 3.40. The second-order valence-corrected chi connectivity index (χ2v) is 9.46. The summed E-state index contributed by atoms with van der Waals surface area (Å²) in [6.45, 7) is 2.68. The van der Waals surface area contributed by atoms with Crippen molar-refractivity contribution in [1.29, 1.82) is 0 Å². The molecule has 1 saturated heterocycles. The fourth-order valence-electron chi connectivity index (χ4n) is 2.45. The van der Waals surface area contributed by atoms with E-state index >= 15 is 0 Å². The van der Waals surface area contributed by atoms with Crippen molar-refractivity contribution in [2.24, 2.45) is 0 Å². The summed E-state index contributed by atoms with van der Waals surface area (Å²) < 4.78 is 23.8. The van der Waals surface area contributed by atoms with E-state index in [1.807, 2.05) is 0 Å². The van der Waals surface area contributed by atoms with Gasteiger partial charge in [0.25, 0.3) is 5.91 Å². The van der Waals surface area contributed by atoms with Crippen molar-refractivity contribution in [2.45, 2.75) is 24.3 Å². The molecule has 2 aromatic rings. The van der Waals surface area contributed by atoms with Gasteiger partial charge in [0.15, 0.2) is 15.0 Å². The maximum atomic E-state index is 12.2. The quantitative estimate of drug-likeness (QED) is 0.742. The Morgan fingerprint density at radius 1 is 1.35 bits per heavy atom. The molecule has 1 aliphatic heterocycles. The first-order chi connectivity index (χ1) is 12.0. The summed E-state index contributed by atoms with van der Waals surface area (Å²) in [6, 6.07) is 3.85. The Balaban J connectivity index is 1.76. The number of urea groups is 1. The van der Waals surface area contributed by atoms with Gasteiger partial charge in [0.05, 0.1) is 15.1 Å². The fourth-order valence-corrected chi connectivity index (χ4v) is 4.10. The first-order valence-corrected chi connectivity index (χ1v) is 10.2. The van der Waals surface area contributed by atoms with E-state index in [2.05, 4.69) is 15.6 Å². The van der Waals surface area contributed by atoms with Crippen LogP contribution in [0.15, 0.2) is 23.1 Å². The number of sulfone groups is 1. The minimum atomic E-state index is -3.34. The van der Waals surface area contributed by atoms with E-state index in [4.69, 9.17) is 0 Å². The highest BCUT2D eigenvalue weighted by atomic mass is 32.2. The highest BCUT2D eigenvalue weighted by molar-refractivity contribution is 7.90. The largest absolute Gasteiger partial charge is 0.325 e. The third-order valence-electron chi connectivity index (χ3n) is 3.78. The van der Waals surface area contributed by atoms with E-state index in [1.54, 1.807) is 19.9 Å². The van der Waals surface area contributed by atoms with Crippen LogP contribution < -0.4 is 10.6 Å². The molecule has 1 aromatic heterocycles. The lowest BCUT2D eigenvalue weighted by molar-refractivity contribution is -0.132. The topological polar surface area (TPSA) is 126 Å². The van der Waals surface area contributed by atoms with Crippen molar-refractivity contribution in [3.63, 3.8) is 0 Å². The van der Waals surface area contributed by atoms with Gasteiger partial charge in [-0.3, -0.25) is 14.5 Å². The molecule has 2 heterocycles. The zero-order valence-electron chi connectivity index (χ0n) is 14.2. The SMILES string of the molecule is CC1(C)NC(=O)N(CC(=O)Nc2nc3ccc(S(C)(=O)=O)cc3s2)C1=O. The number of aromatic nitrogens is 1. The van der Waals surface area contributed by atoms with Crippen molar-refractivity contribution in [3.05, 3.63) is 18.2 Å². The molecule has 0 radical (unpaired) electrons.